The fraction of sp³-hybridized carbons (Fsp3) is 1.00. The van der Waals surface area contributed by atoms with Gasteiger partial charge >= 0.3 is 0 Å². The summed E-state index contributed by atoms with van der Waals surface area (Å²) in [6.45, 7) is 101. The van der Waals surface area contributed by atoms with Crippen LogP contribution in [0.3, 0.4) is 0 Å². The largest absolute Gasteiger partial charge is 0.244 e. The molecule has 0 fully saturated rings. The SMILES string of the molecule is CC(C)C(C(C)C)C(C)(C)F.CCC(C)(CC)C(C)(C)C.CCC(C)(CC)[C@@](C)(F)CC.CCC(C)(F)CC.CCC(C)[C@@](C)(F)CC.CCC(CC)C(C)(C)C.CCC(CC)[C@@](C)(F)CC.CCCC(C)(F)CCC.CCC[C@](C)(F)C(CC)CC.CC[C@](C)(F)C(C(C)C)C(C)C.CC[C@](C)(F)C(C)C. The van der Waals surface area contributed by atoms with E-state index in [0.717, 1.165) is 70.1 Å². The Labute approximate surface area is 674 Å². The summed E-state index contributed by atoms with van der Waals surface area (Å²) in [6, 6.07) is 0. The zero-order chi connectivity index (χ0) is 88.8. The highest BCUT2D eigenvalue weighted by Crippen LogP contribution is 2.45. The van der Waals surface area contributed by atoms with Gasteiger partial charge in [-0.1, -0.05) is 354 Å². The van der Waals surface area contributed by atoms with Gasteiger partial charge in [-0.15, -0.1) is 0 Å². The van der Waals surface area contributed by atoms with Gasteiger partial charge in [-0.05, 0) is 228 Å². The van der Waals surface area contributed by atoms with Crippen LogP contribution in [0.1, 0.15) is 500 Å². The van der Waals surface area contributed by atoms with Crippen molar-refractivity contribution in [2.75, 3.05) is 0 Å². The van der Waals surface area contributed by atoms with Crippen LogP contribution in [-0.2, 0) is 0 Å². The molecule has 0 heterocycles. The second-order valence-corrected chi connectivity index (χ2v) is 38.9. The highest BCUT2D eigenvalue weighted by atomic mass is 19.2. The van der Waals surface area contributed by atoms with E-state index < -0.39 is 51.0 Å². The van der Waals surface area contributed by atoms with E-state index >= 15 is 0 Å². The third-order valence-corrected chi connectivity index (χ3v) is 26.5. The third kappa shape index (κ3) is 62.4. The molecule has 0 aromatic heterocycles. The first-order valence-corrected chi connectivity index (χ1v) is 45.1. The Morgan fingerprint density at radius 3 is 0.589 bits per heavy atom. The lowest BCUT2D eigenvalue weighted by atomic mass is 9.65. The summed E-state index contributed by atoms with van der Waals surface area (Å²) >= 11 is 0. The van der Waals surface area contributed by atoms with E-state index in [-0.39, 0.29) is 40.9 Å². The smallest absolute Gasteiger partial charge is 0.113 e. The first-order chi connectivity index (χ1) is 47.9. The summed E-state index contributed by atoms with van der Waals surface area (Å²) in [4.78, 5) is 0. The molecule has 0 saturated heterocycles. The molecule has 9 heteroatoms. The van der Waals surface area contributed by atoms with E-state index in [1.165, 1.54) is 25.7 Å². The van der Waals surface area contributed by atoms with Crippen LogP contribution in [0.4, 0.5) is 39.5 Å². The molecule has 7 atom stereocenters. The predicted molar refractivity (Wildman–Crippen MR) is 477 cm³/mol. The minimum atomic E-state index is -1.04. The van der Waals surface area contributed by atoms with E-state index in [4.69, 9.17) is 0 Å². The van der Waals surface area contributed by atoms with Crippen molar-refractivity contribution in [2.45, 2.75) is 551 Å². The van der Waals surface area contributed by atoms with E-state index in [2.05, 4.69) is 173 Å². The topological polar surface area (TPSA) is 0 Å². The summed E-state index contributed by atoms with van der Waals surface area (Å²) in [5.74, 6) is 3.81. The van der Waals surface area contributed by atoms with E-state index in [0.29, 0.717) is 104 Å². The number of hydrogen-bond acceptors (Lipinski definition) is 0. The first-order valence-electron chi connectivity index (χ1n) is 45.1. The second-order valence-electron chi connectivity index (χ2n) is 38.9. The van der Waals surface area contributed by atoms with Crippen LogP contribution in [-0.4, -0.2) is 51.0 Å². The Hall–Kier alpha value is -0.630. The van der Waals surface area contributed by atoms with Crippen LogP contribution in [0.2, 0.25) is 0 Å². The van der Waals surface area contributed by atoms with E-state index in [1.54, 1.807) is 69.2 Å². The number of hydrogen-bond donors (Lipinski definition) is 0. The standard InChI is InChI=1S/C11H23F.3C10H21F.C10H22.C9H19F.C9H20.2C8H17F.C7H15F.C6H13F/c1-7-11(6,12)10(8(2)3)9(4)5;1-7(2)9(8(3)4)10(5,6)11;1-6-9(4,7-2)10(5,11)8-3;1-5-8-10(4,11)9(6-2)7-3;1-7-10(6,8-2)9(3,4)5;1-5-8(6-2)9(4,10)7-3;1-6-8(7-2)9(3,4)5;1-5-7(3)8(4,9)6-2;1-4-6-8(3,9)7-5-2;1-5-7(4,8)6(2)3;1-4-6(3,7)5-2/h8-10H,7H2,1-6H3;7-9H,1-6H3;6-8H2,1-5H3;9H,5-8H2,1-4H3;7-8H2,1-6H3;8H,5-7H2,1-4H3;8H,6-7H2,1-5H3;7H,5-6H2,1-4H3;4-7H2,1-3H3;6H,5H2,1-4H3;4-5H2,1-3H3/t11-;;2*10-;;9-;;7?,8-;;7-;/m0.00.0.0.0./s1. The zero-order valence-corrected chi connectivity index (χ0v) is 83.2. The fourth-order valence-electron chi connectivity index (χ4n) is 14.8. The van der Waals surface area contributed by atoms with Crippen LogP contribution >= 0.6 is 0 Å². The maximum atomic E-state index is 14.0. The van der Waals surface area contributed by atoms with Crippen molar-refractivity contribution in [3.05, 3.63) is 0 Å². The molecule has 0 saturated carbocycles. The Kier molecular flexibility index (Phi) is 77.1. The maximum absolute atomic E-state index is 14.0. The molecule has 664 valence electrons. The molecule has 0 aromatic rings. The van der Waals surface area contributed by atoms with Crippen molar-refractivity contribution in [3.8, 4) is 0 Å². The van der Waals surface area contributed by atoms with Crippen molar-refractivity contribution in [2.24, 2.45) is 86.8 Å². The average Bonchev–Trinajstić information content (AvgIpc) is 0.831. The molecule has 0 aliphatic rings. The average molecular weight is 1560 g/mol. The molecule has 0 aliphatic heterocycles. The van der Waals surface area contributed by atoms with Crippen LogP contribution in [0.15, 0.2) is 0 Å². The molecule has 0 spiro atoms. The van der Waals surface area contributed by atoms with Crippen molar-refractivity contribution >= 4 is 0 Å². The first kappa shape index (κ1) is 130. The molecule has 1 unspecified atom stereocenters. The van der Waals surface area contributed by atoms with E-state index in [1.807, 2.05) is 104 Å². The highest BCUT2D eigenvalue weighted by molar-refractivity contribution is 4.91. The molecule has 0 rings (SSSR count). The molecule has 107 heavy (non-hydrogen) atoms. The molecule has 0 bridgehead atoms. The van der Waals surface area contributed by atoms with Gasteiger partial charge in [0.1, 0.15) is 51.0 Å². The van der Waals surface area contributed by atoms with E-state index in [9.17, 15) is 39.5 Å². The van der Waals surface area contributed by atoms with Gasteiger partial charge in [0.05, 0.1) is 0 Å². The zero-order valence-electron chi connectivity index (χ0n) is 83.2. The summed E-state index contributed by atoms with van der Waals surface area (Å²) < 4.78 is 120. The number of alkyl halides is 9. The Morgan fingerprint density at radius 1 is 0.234 bits per heavy atom. The lowest BCUT2D eigenvalue weighted by molar-refractivity contribution is 0.00941. The summed E-state index contributed by atoms with van der Waals surface area (Å²) in [6.07, 6.45) is 21.2. The molecule has 0 N–H and O–H groups in total. The molecule has 0 aromatic carbocycles. The number of rotatable bonds is 35. The molecule has 0 aliphatic carbocycles. The quantitative estimate of drug-likeness (QED) is 0.0555. The Bertz CT molecular complexity index is 1820. The molecule has 0 amide bonds. The van der Waals surface area contributed by atoms with Crippen LogP contribution in [0.25, 0.3) is 0 Å². The molecule has 0 radical (unpaired) electrons. The lowest BCUT2D eigenvalue weighted by Crippen LogP contribution is -2.38. The Balaban J connectivity index is -0.000000106. The monoisotopic (exact) mass is 1560 g/mol. The Morgan fingerprint density at radius 2 is 0.505 bits per heavy atom. The summed E-state index contributed by atoms with van der Waals surface area (Å²) in [7, 11) is 0. The normalized spacial score (nSPS) is 15.9. The molecule has 0 nitrogen and oxygen atoms in total. The van der Waals surface area contributed by atoms with Crippen molar-refractivity contribution in [3.63, 3.8) is 0 Å². The van der Waals surface area contributed by atoms with Gasteiger partial charge in [-0.3, -0.25) is 0 Å². The molecular formula is C98H209F9. The van der Waals surface area contributed by atoms with Crippen LogP contribution in [0.5, 0.6) is 0 Å². The number of halogens is 9. The maximum Gasteiger partial charge on any atom is 0.113 e. The fourth-order valence-corrected chi connectivity index (χ4v) is 14.8. The second kappa shape index (κ2) is 63.6. The van der Waals surface area contributed by atoms with Crippen molar-refractivity contribution in [1.82, 2.24) is 0 Å². The van der Waals surface area contributed by atoms with Crippen molar-refractivity contribution < 1.29 is 39.5 Å². The van der Waals surface area contributed by atoms with Crippen LogP contribution < -0.4 is 0 Å². The van der Waals surface area contributed by atoms with Gasteiger partial charge in [0.2, 0.25) is 0 Å². The van der Waals surface area contributed by atoms with Gasteiger partial charge in [0, 0.05) is 5.41 Å². The van der Waals surface area contributed by atoms with Gasteiger partial charge in [-0.2, -0.15) is 0 Å². The summed E-state index contributed by atoms with van der Waals surface area (Å²) in [5, 5.41) is 0. The van der Waals surface area contributed by atoms with Gasteiger partial charge < -0.3 is 0 Å². The third-order valence-electron chi connectivity index (χ3n) is 26.5. The predicted octanol–water partition coefficient (Wildman–Crippen LogP) is 38.3. The highest BCUT2D eigenvalue weighted by Gasteiger charge is 2.41. The van der Waals surface area contributed by atoms with Gasteiger partial charge in [0.25, 0.3) is 0 Å². The minimum Gasteiger partial charge on any atom is -0.244 e. The van der Waals surface area contributed by atoms with Crippen molar-refractivity contribution in [1.29, 1.82) is 0 Å². The molecular weight excluding hydrogens is 1350 g/mol. The summed E-state index contributed by atoms with van der Waals surface area (Å²) in [5.41, 5.74) is -7.28. The lowest BCUT2D eigenvalue weighted by Gasteiger charge is -2.40. The van der Waals surface area contributed by atoms with Crippen LogP contribution in [0, 0.1) is 86.8 Å². The van der Waals surface area contributed by atoms with Gasteiger partial charge in [0.15, 0.2) is 0 Å². The minimum absolute atomic E-state index is 0.137. The van der Waals surface area contributed by atoms with Gasteiger partial charge in [-0.25, -0.2) is 39.5 Å².